The summed E-state index contributed by atoms with van der Waals surface area (Å²) in [6.45, 7) is 7.42. The number of fused-ring (bicyclic) bond motifs is 1. The molecule has 4 rings (SSSR count). The van der Waals surface area contributed by atoms with Crippen LogP contribution in [0.3, 0.4) is 0 Å². The second-order valence-corrected chi connectivity index (χ2v) is 12.1. The largest absolute Gasteiger partial charge is 0.496 e. The van der Waals surface area contributed by atoms with E-state index in [2.05, 4.69) is 20.6 Å². The number of nitrogens with zero attached hydrogens (tertiary/aromatic N) is 3. The number of ketones is 1. The average molecular weight is 617 g/mol. The normalized spacial score (nSPS) is 16.6. The molecule has 0 bridgehead atoms. The fourth-order valence-corrected chi connectivity index (χ4v) is 5.23. The van der Waals surface area contributed by atoms with Gasteiger partial charge in [-0.1, -0.05) is 32.4 Å². The molecule has 13 heteroatoms. The first-order valence-corrected chi connectivity index (χ1v) is 14.2. The molecule has 2 heterocycles. The van der Waals surface area contributed by atoms with Crippen LogP contribution < -0.4 is 21.1 Å². The molecule has 1 fully saturated rings. The number of anilines is 2. The second kappa shape index (κ2) is 12.8. The summed E-state index contributed by atoms with van der Waals surface area (Å²) in [6, 6.07) is 3.16. The zero-order valence-electron chi connectivity index (χ0n) is 24.6. The van der Waals surface area contributed by atoms with Crippen LogP contribution in [0.15, 0.2) is 30.6 Å². The summed E-state index contributed by atoms with van der Waals surface area (Å²) in [5, 5.41) is 5.38. The molecule has 1 saturated heterocycles. The molecule has 3 aromatic rings. The van der Waals surface area contributed by atoms with Crippen molar-refractivity contribution >= 4 is 51.6 Å². The summed E-state index contributed by atoms with van der Waals surface area (Å²) < 4.78 is 33.9. The first kappa shape index (κ1) is 32.0. The number of carbonyl (C=O) groups is 3. The van der Waals surface area contributed by atoms with E-state index >= 15 is 0 Å². The van der Waals surface area contributed by atoms with Crippen molar-refractivity contribution < 1.29 is 27.9 Å². The van der Waals surface area contributed by atoms with E-state index in [0.717, 1.165) is 6.07 Å². The number of Topliss-reactive ketones (excluding diaryl/α,β-unsaturated/α-hetero) is 1. The molecule has 0 unspecified atom stereocenters. The van der Waals surface area contributed by atoms with Gasteiger partial charge in [-0.25, -0.2) is 18.7 Å². The third-order valence-electron chi connectivity index (χ3n) is 7.41. The highest BCUT2D eigenvalue weighted by Crippen LogP contribution is 2.34. The van der Waals surface area contributed by atoms with Gasteiger partial charge < -0.3 is 26.0 Å². The van der Waals surface area contributed by atoms with Crippen LogP contribution in [0, 0.1) is 17.0 Å². The van der Waals surface area contributed by atoms with Crippen LogP contribution in [0.25, 0.3) is 10.9 Å². The fraction of sp³-hybridized carbons (Fsp3) is 0.433. The Bertz CT molecular complexity index is 1560. The summed E-state index contributed by atoms with van der Waals surface area (Å²) in [4.78, 5) is 49.8. The summed E-state index contributed by atoms with van der Waals surface area (Å²) in [6.07, 6.45) is 2.29. The number of likely N-dealkylation sites (tertiary alicyclic amines) is 1. The predicted octanol–water partition coefficient (Wildman–Crippen LogP) is 4.29. The van der Waals surface area contributed by atoms with Gasteiger partial charge in [0.05, 0.1) is 30.4 Å². The molecule has 230 valence electrons. The Hall–Kier alpha value is -3.90. The van der Waals surface area contributed by atoms with E-state index in [0.29, 0.717) is 41.6 Å². The van der Waals surface area contributed by atoms with Gasteiger partial charge in [0.25, 0.3) is 0 Å². The van der Waals surface area contributed by atoms with Gasteiger partial charge in [0.2, 0.25) is 11.8 Å². The van der Waals surface area contributed by atoms with Crippen LogP contribution in [0.5, 0.6) is 5.75 Å². The van der Waals surface area contributed by atoms with E-state index in [-0.39, 0.29) is 29.6 Å². The Morgan fingerprint density at radius 1 is 1.21 bits per heavy atom. The van der Waals surface area contributed by atoms with Gasteiger partial charge in [-0.05, 0) is 43.4 Å². The van der Waals surface area contributed by atoms with Crippen molar-refractivity contribution in [2.45, 2.75) is 65.1 Å². The summed E-state index contributed by atoms with van der Waals surface area (Å²) in [5.41, 5.74) is 5.97. The van der Waals surface area contributed by atoms with Crippen LogP contribution >= 0.6 is 11.6 Å². The first-order valence-electron chi connectivity index (χ1n) is 13.8. The number of benzene rings is 2. The second-order valence-electron chi connectivity index (χ2n) is 11.7. The number of hydrogen-bond acceptors (Lipinski definition) is 8. The Kier molecular flexibility index (Phi) is 9.50. The van der Waals surface area contributed by atoms with Crippen molar-refractivity contribution in [2.24, 2.45) is 11.1 Å². The standard InChI is InChI=1S/C30H35ClF2N6O4/c1-15(34)28(41)38-26(30(2,3)4)29(42)39-10-6-7-21(39)22(40)12-16-11-17-20(13-23(16)43-5)35-14-36-27(17)37-19-9-8-18(32)24(31)25(19)33/h8-9,11,13-15,21,26H,6-7,10,12,34H2,1-5H3,(H,38,41)(H,35,36,37)/t15-,21-,26+/m0/s1. The molecule has 0 spiro atoms. The van der Waals surface area contributed by atoms with E-state index in [1.807, 2.05) is 20.8 Å². The quantitative estimate of drug-likeness (QED) is 0.303. The number of aromatic nitrogens is 2. The Labute approximate surface area is 253 Å². The average Bonchev–Trinajstić information content (AvgIpc) is 3.45. The summed E-state index contributed by atoms with van der Waals surface area (Å²) in [7, 11) is 1.46. The van der Waals surface area contributed by atoms with Crippen molar-refractivity contribution in [3.63, 3.8) is 0 Å². The van der Waals surface area contributed by atoms with E-state index in [1.54, 1.807) is 12.1 Å². The number of methoxy groups -OCH3 is 1. The fourth-order valence-electron chi connectivity index (χ4n) is 5.07. The molecule has 2 aromatic carbocycles. The molecular formula is C30H35ClF2N6O4. The molecule has 1 aromatic heterocycles. The number of ether oxygens (including phenoxy) is 1. The predicted molar refractivity (Wildman–Crippen MR) is 159 cm³/mol. The zero-order chi connectivity index (χ0) is 31.6. The van der Waals surface area contributed by atoms with Gasteiger partial charge in [-0.3, -0.25) is 14.4 Å². The molecule has 43 heavy (non-hydrogen) atoms. The third-order valence-corrected chi connectivity index (χ3v) is 7.76. The van der Waals surface area contributed by atoms with Crippen LogP contribution in [0.4, 0.5) is 20.3 Å². The number of halogens is 3. The summed E-state index contributed by atoms with van der Waals surface area (Å²) in [5.74, 6) is -2.28. The maximum Gasteiger partial charge on any atom is 0.246 e. The number of nitrogens with one attached hydrogen (secondary N) is 2. The smallest absolute Gasteiger partial charge is 0.246 e. The molecule has 4 N–H and O–H groups in total. The number of rotatable bonds is 9. The van der Waals surface area contributed by atoms with Gasteiger partial charge in [0, 0.05) is 30.0 Å². The minimum Gasteiger partial charge on any atom is -0.496 e. The number of hydrogen-bond donors (Lipinski definition) is 3. The molecule has 10 nitrogen and oxygen atoms in total. The Morgan fingerprint density at radius 3 is 2.58 bits per heavy atom. The van der Waals surface area contributed by atoms with Crippen molar-refractivity contribution in [1.82, 2.24) is 20.2 Å². The molecule has 0 saturated carbocycles. The number of amides is 2. The van der Waals surface area contributed by atoms with E-state index in [9.17, 15) is 23.2 Å². The highest BCUT2D eigenvalue weighted by atomic mass is 35.5. The minimum atomic E-state index is -0.978. The van der Waals surface area contributed by atoms with E-state index in [4.69, 9.17) is 22.1 Å². The van der Waals surface area contributed by atoms with Gasteiger partial charge in [0.15, 0.2) is 11.6 Å². The SMILES string of the molecule is COc1cc2ncnc(Nc3ccc(F)c(Cl)c3F)c2cc1CC(=O)[C@@H]1CCCN1C(=O)[C@@H](NC(=O)[C@H](C)N)C(C)(C)C. The molecule has 2 amide bonds. The lowest BCUT2D eigenvalue weighted by Crippen LogP contribution is -2.58. The van der Waals surface area contributed by atoms with Gasteiger partial charge in [-0.2, -0.15) is 0 Å². The Morgan fingerprint density at radius 2 is 1.93 bits per heavy atom. The van der Waals surface area contributed by atoms with Crippen molar-refractivity contribution in [1.29, 1.82) is 0 Å². The summed E-state index contributed by atoms with van der Waals surface area (Å²) >= 11 is 5.74. The molecule has 0 aliphatic carbocycles. The van der Waals surface area contributed by atoms with Crippen LogP contribution in [0.1, 0.15) is 46.1 Å². The van der Waals surface area contributed by atoms with E-state index < -0.39 is 46.1 Å². The van der Waals surface area contributed by atoms with Crippen molar-refractivity contribution in [3.05, 3.63) is 52.8 Å². The third kappa shape index (κ3) is 6.86. The monoisotopic (exact) mass is 616 g/mol. The molecule has 3 atom stereocenters. The van der Waals surface area contributed by atoms with Crippen molar-refractivity contribution in [3.8, 4) is 5.75 Å². The topological polar surface area (TPSA) is 140 Å². The lowest BCUT2D eigenvalue weighted by atomic mass is 9.85. The number of nitrogens with two attached hydrogens (primary N) is 1. The highest BCUT2D eigenvalue weighted by molar-refractivity contribution is 6.31. The van der Waals surface area contributed by atoms with Gasteiger partial charge in [-0.15, -0.1) is 0 Å². The lowest BCUT2D eigenvalue weighted by Gasteiger charge is -2.35. The molecule has 1 aliphatic heterocycles. The van der Waals surface area contributed by atoms with E-state index in [1.165, 1.54) is 31.3 Å². The Balaban J connectivity index is 1.63. The van der Waals surface area contributed by atoms with Crippen LogP contribution in [-0.2, 0) is 20.8 Å². The lowest BCUT2D eigenvalue weighted by molar-refractivity contribution is -0.143. The van der Waals surface area contributed by atoms with Gasteiger partial charge >= 0.3 is 0 Å². The van der Waals surface area contributed by atoms with Crippen LogP contribution in [-0.4, -0.2) is 64.2 Å². The molecule has 0 radical (unpaired) electrons. The maximum absolute atomic E-state index is 14.6. The molecular weight excluding hydrogens is 582 g/mol. The van der Waals surface area contributed by atoms with Gasteiger partial charge in [0.1, 0.15) is 34.8 Å². The maximum atomic E-state index is 14.6. The zero-order valence-corrected chi connectivity index (χ0v) is 25.4. The number of carbonyl (C=O) groups excluding carboxylic acids is 3. The highest BCUT2D eigenvalue weighted by Gasteiger charge is 2.42. The van der Waals surface area contributed by atoms with Crippen molar-refractivity contribution in [2.75, 3.05) is 19.0 Å². The first-order chi connectivity index (χ1) is 20.2. The molecule has 1 aliphatic rings. The van der Waals surface area contributed by atoms with Crippen LogP contribution in [0.2, 0.25) is 5.02 Å². The minimum absolute atomic E-state index is 0.0784.